The molecule has 0 saturated carbocycles. The van der Waals surface area contributed by atoms with Crippen LogP contribution in [0, 0.1) is 0 Å². The molecule has 1 rings (SSSR count). The predicted octanol–water partition coefficient (Wildman–Crippen LogP) is 3.32. The van der Waals surface area contributed by atoms with Crippen molar-refractivity contribution >= 4 is 23.2 Å². The average Bonchev–Trinajstić information content (AvgIpc) is 2.12. The Labute approximate surface area is 83.9 Å². The SMILES string of the molecule is CC.CC(=O)Nc1ccc(Cl)cc1. The number of amides is 1. The third-order valence-corrected chi connectivity index (χ3v) is 1.42. The average molecular weight is 200 g/mol. The monoisotopic (exact) mass is 199 g/mol. The Balaban J connectivity index is 0.000000671. The Kier molecular flexibility index (Phi) is 5.98. The maximum Gasteiger partial charge on any atom is 0.221 e. The number of anilines is 1. The largest absolute Gasteiger partial charge is 0.326 e. The molecule has 1 amide bonds. The number of nitrogens with one attached hydrogen (secondary N) is 1. The zero-order chi connectivity index (χ0) is 10.3. The van der Waals surface area contributed by atoms with Crippen LogP contribution in [0.2, 0.25) is 5.02 Å². The standard InChI is InChI=1S/C8H8ClNO.C2H6/c1-6(11)10-8-4-2-7(9)3-5-8;1-2/h2-5H,1H3,(H,10,11);1-2H3. The van der Waals surface area contributed by atoms with Crippen LogP contribution < -0.4 is 5.32 Å². The minimum Gasteiger partial charge on any atom is -0.326 e. The minimum atomic E-state index is -0.0766. The van der Waals surface area contributed by atoms with Crippen LogP contribution >= 0.6 is 11.6 Å². The molecular formula is C10H14ClNO. The van der Waals surface area contributed by atoms with Gasteiger partial charge in [0.05, 0.1) is 0 Å². The summed E-state index contributed by atoms with van der Waals surface area (Å²) < 4.78 is 0. The quantitative estimate of drug-likeness (QED) is 0.739. The molecule has 0 aliphatic rings. The Bertz CT molecular complexity index is 256. The normalized spacial score (nSPS) is 8.31. The zero-order valence-electron chi connectivity index (χ0n) is 8.10. The van der Waals surface area contributed by atoms with Crippen molar-refractivity contribution in [3.05, 3.63) is 29.3 Å². The number of carbonyl (C=O) groups excluding carboxylic acids is 1. The van der Waals surface area contributed by atoms with E-state index in [0.29, 0.717) is 5.02 Å². The van der Waals surface area contributed by atoms with Crippen LogP contribution in [-0.4, -0.2) is 5.91 Å². The fourth-order valence-corrected chi connectivity index (χ4v) is 0.862. The molecule has 3 heteroatoms. The van der Waals surface area contributed by atoms with Gasteiger partial charge >= 0.3 is 0 Å². The van der Waals surface area contributed by atoms with Crippen molar-refractivity contribution in [1.29, 1.82) is 0 Å². The second kappa shape index (κ2) is 6.49. The molecule has 0 spiro atoms. The van der Waals surface area contributed by atoms with Gasteiger partial charge in [0.1, 0.15) is 0 Å². The second-order valence-electron chi connectivity index (χ2n) is 2.19. The molecule has 0 aromatic heterocycles. The lowest BCUT2D eigenvalue weighted by molar-refractivity contribution is -0.114. The molecule has 1 aromatic rings. The number of hydrogen-bond acceptors (Lipinski definition) is 1. The highest BCUT2D eigenvalue weighted by molar-refractivity contribution is 6.30. The Morgan fingerprint density at radius 2 is 1.69 bits per heavy atom. The number of benzene rings is 1. The van der Waals surface area contributed by atoms with Gasteiger partial charge < -0.3 is 5.32 Å². The van der Waals surface area contributed by atoms with Crippen LogP contribution in [0.15, 0.2) is 24.3 Å². The topological polar surface area (TPSA) is 29.1 Å². The number of rotatable bonds is 1. The molecule has 0 fully saturated rings. The van der Waals surface area contributed by atoms with Crippen LogP contribution in [0.1, 0.15) is 20.8 Å². The van der Waals surface area contributed by atoms with E-state index in [1.54, 1.807) is 24.3 Å². The van der Waals surface area contributed by atoms with Gasteiger partial charge in [-0.05, 0) is 24.3 Å². The molecule has 0 heterocycles. The van der Waals surface area contributed by atoms with Crippen LogP contribution in [-0.2, 0) is 4.79 Å². The van der Waals surface area contributed by atoms with Gasteiger partial charge in [-0.25, -0.2) is 0 Å². The van der Waals surface area contributed by atoms with E-state index in [9.17, 15) is 4.79 Å². The molecular weight excluding hydrogens is 186 g/mol. The summed E-state index contributed by atoms with van der Waals surface area (Å²) in [6, 6.07) is 6.97. The lowest BCUT2D eigenvalue weighted by Crippen LogP contribution is -2.04. The molecule has 0 bridgehead atoms. The van der Waals surface area contributed by atoms with Crippen molar-refractivity contribution in [1.82, 2.24) is 0 Å². The van der Waals surface area contributed by atoms with Crippen molar-refractivity contribution < 1.29 is 4.79 Å². The molecule has 1 aromatic carbocycles. The van der Waals surface area contributed by atoms with Gasteiger partial charge in [0.2, 0.25) is 5.91 Å². The van der Waals surface area contributed by atoms with Gasteiger partial charge in [0, 0.05) is 17.6 Å². The highest BCUT2D eigenvalue weighted by Gasteiger charge is 1.93. The molecule has 0 aliphatic heterocycles. The molecule has 72 valence electrons. The zero-order valence-corrected chi connectivity index (χ0v) is 8.85. The van der Waals surface area contributed by atoms with Crippen LogP contribution in [0.25, 0.3) is 0 Å². The van der Waals surface area contributed by atoms with Crippen molar-refractivity contribution in [2.45, 2.75) is 20.8 Å². The number of carbonyl (C=O) groups is 1. The maximum atomic E-state index is 10.6. The lowest BCUT2D eigenvalue weighted by atomic mass is 10.3. The first-order valence-corrected chi connectivity index (χ1v) is 4.59. The molecule has 2 nitrogen and oxygen atoms in total. The summed E-state index contributed by atoms with van der Waals surface area (Å²) in [6.45, 7) is 5.47. The Morgan fingerprint density at radius 3 is 2.08 bits per heavy atom. The summed E-state index contributed by atoms with van der Waals surface area (Å²) >= 11 is 5.64. The second-order valence-corrected chi connectivity index (χ2v) is 2.62. The molecule has 0 radical (unpaired) electrons. The number of halogens is 1. The summed E-state index contributed by atoms with van der Waals surface area (Å²) in [7, 11) is 0. The van der Waals surface area contributed by atoms with Crippen LogP contribution in [0.5, 0.6) is 0 Å². The van der Waals surface area contributed by atoms with Crippen molar-refractivity contribution in [3.63, 3.8) is 0 Å². The van der Waals surface area contributed by atoms with E-state index < -0.39 is 0 Å². The summed E-state index contributed by atoms with van der Waals surface area (Å²) in [5, 5.41) is 3.30. The third-order valence-electron chi connectivity index (χ3n) is 1.16. The van der Waals surface area contributed by atoms with Gasteiger partial charge in [0.15, 0.2) is 0 Å². The van der Waals surface area contributed by atoms with Gasteiger partial charge in [-0.1, -0.05) is 25.4 Å². The Hall–Kier alpha value is -1.02. The van der Waals surface area contributed by atoms with E-state index >= 15 is 0 Å². The van der Waals surface area contributed by atoms with Crippen molar-refractivity contribution in [2.24, 2.45) is 0 Å². The highest BCUT2D eigenvalue weighted by atomic mass is 35.5. The number of hydrogen-bond donors (Lipinski definition) is 1. The molecule has 1 N–H and O–H groups in total. The summed E-state index contributed by atoms with van der Waals surface area (Å²) in [5.41, 5.74) is 0.766. The van der Waals surface area contributed by atoms with E-state index in [1.807, 2.05) is 13.8 Å². The van der Waals surface area contributed by atoms with Gasteiger partial charge in [-0.2, -0.15) is 0 Å². The summed E-state index contributed by atoms with van der Waals surface area (Å²) in [5.74, 6) is -0.0766. The molecule has 0 atom stereocenters. The summed E-state index contributed by atoms with van der Waals surface area (Å²) in [6.07, 6.45) is 0. The summed E-state index contributed by atoms with van der Waals surface area (Å²) in [4.78, 5) is 10.6. The van der Waals surface area contributed by atoms with E-state index in [0.717, 1.165) is 5.69 Å². The predicted molar refractivity (Wildman–Crippen MR) is 57.1 cm³/mol. The smallest absolute Gasteiger partial charge is 0.221 e. The fourth-order valence-electron chi connectivity index (χ4n) is 0.736. The maximum absolute atomic E-state index is 10.6. The van der Waals surface area contributed by atoms with E-state index in [2.05, 4.69) is 5.32 Å². The van der Waals surface area contributed by atoms with Crippen LogP contribution in [0.3, 0.4) is 0 Å². The van der Waals surface area contributed by atoms with Gasteiger partial charge in [-0.15, -0.1) is 0 Å². The van der Waals surface area contributed by atoms with Gasteiger partial charge in [-0.3, -0.25) is 4.79 Å². The van der Waals surface area contributed by atoms with E-state index in [1.165, 1.54) is 6.92 Å². The first-order valence-electron chi connectivity index (χ1n) is 4.21. The third kappa shape index (κ3) is 5.26. The fraction of sp³-hybridized carbons (Fsp3) is 0.300. The molecule has 13 heavy (non-hydrogen) atoms. The highest BCUT2D eigenvalue weighted by Crippen LogP contribution is 2.12. The molecule has 0 aliphatic carbocycles. The van der Waals surface area contributed by atoms with E-state index in [4.69, 9.17) is 11.6 Å². The van der Waals surface area contributed by atoms with Gasteiger partial charge in [0.25, 0.3) is 0 Å². The minimum absolute atomic E-state index is 0.0766. The lowest BCUT2D eigenvalue weighted by Gasteiger charge is -1.99. The molecule has 0 saturated heterocycles. The van der Waals surface area contributed by atoms with Crippen LogP contribution in [0.4, 0.5) is 5.69 Å². The molecule has 0 unspecified atom stereocenters. The Morgan fingerprint density at radius 1 is 1.23 bits per heavy atom. The van der Waals surface area contributed by atoms with Crippen molar-refractivity contribution in [2.75, 3.05) is 5.32 Å². The van der Waals surface area contributed by atoms with Crippen molar-refractivity contribution in [3.8, 4) is 0 Å². The first kappa shape index (κ1) is 12.0. The first-order chi connectivity index (χ1) is 6.18. The van der Waals surface area contributed by atoms with E-state index in [-0.39, 0.29) is 5.91 Å².